The molecule has 0 fully saturated rings. The number of halogens is 2. The molecule has 0 radical (unpaired) electrons. The van der Waals surface area contributed by atoms with Crippen molar-refractivity contribution in [1.82, 2.24) is 0 Å². The van der Waals surface area contributed by atoms with Gasteiger partial charge < -0.3 is 5.11 Å². The summed E-state index contributed by atoms with van der Waals surface area (Å²) in [5.74, 6) is -0.324. The zero-order valence-corrected chi connectivity index (χ0v) is 17.7. The Bertz CT molecular complexity index is 932. The lowest BCUT2D eigenvalue weighted by molar-refractivity contribution is 0.0313. The van der Waals surface area contributed by atoms with Crippen molar-refractivity contribution in [3.05, 3.63) is 111 Å². The Balaban J connectivity index is 1.95. The number of hydrogen-bond donors (Lipinski definition) is 1. The molecule has 0 saturated carbocycles. The minimum Gasteiger partial charge on any atom is -0.377 e. The van der Waals surface area contributed by atoms with E-state index < -0.39 is 5.60 Å². The predicted octanol–water partition coefficient (Wildman–Crippen LogP) is 6.39. The first kappa shape index (κ1) is 19.7. The van der Waals surface area contributed by atoms with Gasteiger partial charge in [-0.05, 0) is 35.4 Å². The number of Topliss-reactive ketones (excluding diaryl/α,β-unsaturated/α-hetero) is 1. The van der Waals surface area contributed by atoms with E-state index in [2.05, 4.69) is 31.9 Å². The molecule has 0 aliphatic carbocycles. The number of benzene rings is 3. The number of carbonyl (C=O) groups excluding carboxylic acids is 1. The van der Waals surface area contributed by atoms with Crippen LogP contribution in [0.15, 0.2) is 93.9 Å². The summed E-state index contributed by atoms with van der Waals surface area (Å²) < 4.78 is 1.78. The highest BCUT2D eigenvalue weighted by Crippen LogP contribution is 2.31. The molecule has 0 aliphatic rings. The molecule has 0 spiro atoms. The molecular weight excluding hydrogens is 468 g/mol. The largest absolute Gasteiger partial charge is 0.377 e. The van der Waals surface area contributed by atoms with E-state index >= 15 is 0 Å². The Morgan fingerprint density at radius 2 is 1.41 bits per heavy atom. The van der Waals surface area contributed by atoms with Gasteiger partial charge in [0.15, 0.2) is 11.4 Å². The minimum absolute atomic E-state index is 0.179. The van der Waals surface area contributed by atoms with Gasteiger partial charge in [0.25, 0.3) is 0 Å². The molecule has 0 bridgehead atoms. The van der Waals surface area contributed by atoms with Crippen LogP contribution in [0.25, 0.3) is 6.08 Å². The van der Waals surface area contributed by atoms with Crippen molar-refractivity contribution >= 4 is 43.7 Å². The average molecular weight is 486 g/mol. The van der Waals surface area contributed by atoms with Crippen molar-refractivity contribution in [2.24, 2.45) is 0 Å². The van der Waals surface area contributed by atoms with E-state index in [-0.39, 0.29) is 12.2 Å². The van der Waals surface area contributed by atoms with E-state index in [1.165, 1.54) is 0 Å². The summed E-state index contributed by atoms with van der Waals surface area (Å²) in [7, 11) is 0. The Labute approximate surface area is 175 Å². The summed E-state index contributed by atoms with van der Waals surface area (Å²) in [6.07, 6.45) is 3.94. The maximum Gasteiger partial charge on any atom is 0.199 e. The summed E-state index contributed by atoms with van der Waals surface area (Å²) in [5, 5.41) is 11.4. The van der Waals surface area contributed by atoms with Crippen LogP contribution in [0.4, 0.5) is 0 Å². The van der Waals surface area contributed by atoms with Gasteiger partial charge in [-0.1, -0.05) is 98.6 Å². The molecule has 1 unspecified atom stereocenters. The number of rotatable bonds is 6. The van der Waals surface area contributed by atoms with E-state index in [1.54, 1.807) is 36.4 Å². The summed E-state index contributed by atoms with van der Waals surface area (Å²) >= 11 is 6.78. The molecule has 136 valence electrons. The van der Waals surface area contributed by atoms with Gasteiger partial charge in [0.05, 0.1) is 0 Å². The highest BCUT2D eigenvalue weighted by Gasteiger charge is 2.37. The Morgan fingerprint density at radius 1 is 0.852 bits per heavy atom. The normalized spacial score (nSPS) is 13.4. The first-order valence-electron chi connectivity index (χ1n) is 8.49. The van der Waals surface area contributed by atoms with Crippen LogP contribution >= 0.6 is 31.9 Å². The SMILES string of the molecule is O=C(c1ccc(Br)cc1)C(O)(C/C=C/c1ccccc1)c1ccc(Br)cc1. The minimum atomic E-state index is -1.64. The standard InChI is InChI=1S/C23H18Br2O2/c24-20-12-8-18(9-13-20)22(26)23(27,19-10-14-21(25)15-11-19)16-4-7-17-5-2-1-3-6-17/h1-15,27H,16H2/b7-4+. The molecule has 0 aliphatic heterocycles. The monoisotopic (exact) mass is 484 g/mol. The second-order valence-corrected chi connectivity index (χ2v) is 8.05. The molecular formula is C23H18Br2O2. The maximum absolute atomic E-state index is 13.2. The molecule has 0 aromatic heterocycles. The molecule has 1 N–H and O–H groups in total. The Morgan fingerprint density at radius 3 is 2.00 bits per heavy atom. The molecule has 2 nitrogen and oxygen atoms in total. The molecule has 27 heavy (non-hydrogen) atoms. The fourth-order valence-corrected chi connectivity index (χ4v) is 3.37. The van der Waals surface area contributed by atoms with Crippen LogP contribution in [-0.2, 0) is 5.60 Å². The number of hydrogen-bond acceptors (Lipinski definition) is 2. The lowest BCUT2D eigenvalue weighted by Gasteiger charge is -2.26. The van der Waals surface area contributed by atoms with Crippen LogP contribution in [0.2, 0.25) is 0 Å². The van der Waals surface area contributed by atoms with Crippen LogP contribution in [-0.4, -0.2) is 10.9 Å². The second kappa shape index (κ2) is 8.79. The highest BCUT2D eigenvalue weighted by molar-refractivity contribution is 9.10. The van der Waals surface area contributed by atoms with Gasteiger partial charge in [-0.15, -0.1) is 0 Å². The zero-order chi connectivity index (χ0) is 19.3. The van der Waals surface area contributed by atoms with Crippen LogP contribution in [0.5, 0.6) is 0 Å². The van der Waals surface area contributed by atoms with E-state index in [9.17, 15) is 9.90 Å². The first-order chi connectivity index (χ1) is 13.0. The van der Waals surface area contributed by atoms with E-state index in [0.717, 1.165) is 14.5 Å². The Kier molecular flexibility index (Phi) is 6.42. The third kappa shape index (κ3) is 4.83. The quantitative estimate of drug-likeness (QED) is 0.411. The van der Waals surface area contributed by atoms with Crippen LogP contribution in [0.3, 0.4) is 0 Å². The number of aliphatic hydroxyl groups is 1. The van der Waals surface area contributed by atoms with Crippen LogP contribution in [0, 0.1) is 0 Å². The summed E-state index contributed by atoms with van der Waals surface area (Å²) in [5.41, 5.74) is 0.416. The lowest BCUT2D eigenvalue weighted by Crippen LogP contribution is -2.35. The second-order valence-electron chi connectivity index (χ2n) is 6.22. The van der Waals surface area contributed by atoms with Gasteiger partial charge in [0.2, 0.25) is 0 Å². The van der Waals surface area contributed by atoms with Gasteiger partial charge in [-0.2, -0.15) is 0 Å². The fraction of sp³-hybridized carbons (Fsp3) is 0.0870. The summed E-state index contributed by atoms with van der Waals surface area (Å²) in [6, 6.07) is 24.1. The zero-order valence-electron chi connectivity index (χ0n) is 14.5. The average Bonchev–Trinajstić information content (AvgIpc) is 2.69. The highest BCUT2D eigenvalue weighted by atomic mass is 79.9. The van der Waals surface area contributed by atoms with E-state index in [1.807, 2.05) is 54.6 Å². The van der Waals surface area contributed by atoms with Crippen molar-refractivity contribution in [2.75, 3.05) is 0 Å². The maximum atomic E-state index is 13.2. The third-order valence-corrected chi connectivity index (χ3v) is 5.38. The van der Waals surface area contributed by atoms with Crippen molar-refractivity contribution in [2.45, 2.75) is 12.0 Å². The van der Waals surface area contributed by atoms with Crippen LogP contribution < -0.4 is 0 Å². The summed E-state index contributed by atoms with van der Waals surface area (Å²) in [4.78, 5) is 13.2. The molecule has 3 aromatic rings. The van der Waals surface area contributed by atoms with Crippen molar-refractivity contribution in [3.63, 3.8) is 0 Å². The van der Waals surface area contributed by atoms with Gasteiger partial charge in [-0.3, -0.25) is 4.79 Å². The van der Waals surface area contributed by atoms with E-state index in [0.29, 0.717) is 11.1 Å². The summed E-state index contributed by atoms with van der Waals surface area (Å²) in [6.45, 7) is 0. The van der Waals surface area contributed by atoms with Crippen LogP contribution in [0.1, 0.15) is 27.9 Å². The molecule has 0 amide bonds. The molecule has 0 heterocycles. The molecule has 3 rings (SSSR count). The van der Waals surface area contributed by atoms with Gasteiger partial charge >= 0.3 is 0 Å². The van der Waals surface area contributed by atoms with Gasteiger partial charge in [0.1, 0.15) is 0 Å². The van der Waals surface area contributed by atoms with Crippen molar-refractivity contribution in [3.8, 4) is 0 Å². The number of carbonyl (C=O) groups is 1. The fourth-order valence-electron chi connectivity index (χ4n) is 2.84. The van der Waals surface area contributed by atoms with Crippen molar-refractivity contribution in [1.29, 1.82) is 0 Å². The Hall–Kier alpha value is -2.01. The smallest absolute Gasteiger partial charge is 0.199 e. The lowest BCUT2D eigenvalue weighted by atomic mass is 9.83. The van der Waals surface area contributed by atoms with Crippen molar-refractivity contribution < 1.29 is 9.90 Å². The molecule has 3 aromatic carbocycles. The topological polar surface area (TPSA) is 37.3 Å². The molecule has 1 atom stereocenters. The molecule has 0 saturated heterocycles. The van der Waals surface area contributed by atoms with Gasteiger partial charge in [0, 0.05) is 20.9 Å². The third-order valence-electron chi connectivity index (χ3n) is 4.33. The van der Waals surface area contributed by atoms with E-state index in [4.69, 9.17) is 0 Å². The van der Waals surface area contributed by atoms with Gasteiger partial charge in [-0.25, -0.2) is 0 Å². The number of ketones is 1. The molecule has 4 heteroatoms. The first-order valence-corrected chi connectivity index (χ1v) is 10.1. The predicted molar refractivity (Wildman–Crippen MR) is 117 cm³/mol.